The van der Waals surface area contributed by atoms with Crippen molar-refractivity contribution >= 4 is 11.8 Å². The summed E-state index contributed by atoms with van der Waals surface area (Å²) in [5.41, 5.74) is 0. The first-order chi connectivity index (χ1) is 9.58. The lowest BCUT2D eigenvalue weighted by molar-refractivity contribution is -0.146. The molecule has 114 valence electrons. The second kappa shape index (κ2) is 7.07. The summed E-state index contributed by atoms with van der Waals surface area (Å²) < 4.78 is 5.84. The fraction of sp³-hybridized carbons (Fsp3) is 0.867. The molecular weight excluding hydrogens is 256 g/mol. The molecule has 20 heavy (non-hydrogen) atoms. The molecule has 1 saturated carbocycles. The van der Waals surface area contributed by atoms with Gasteiger partial charge in [-0.05, 0) is 18.8 Å². The zero-order valence-electron chi connectivity index (χ0n) is 12.6. The molecule has 0 aromatic carbocycles. The van der Waals surface area contributed by atoms with Crippen LogP contribution in [0, 0.1) is 5.92 Å². The van der Waals surface area contributed by atoms with E-state index in [9.17, 15) is 9.59 Å². The number of amides is 2. The molecule has 1 heterocycles. The van der Waals surface area contributed by atoms with Gasteiger partial charge in [0.2, 0.25) is 11.8 Å². The molecule has 1 unspecified atom stereocenters. The van der Waals surface area contributed by atoms with Crippen molar-refractivity contribution in [3.05, 3.63) is 0 Å². The number of nitrogens with zero attached hydrogens (tertiary/aromatic N) is 1. The lowest BCUT2D eigenvalue weighted by Crippen LogP contribution is -2.60. The molecule has 0 aromatic rings. The van der Waals surface area contributed by atoms with Crippen molar-refractivity contribution in [1.29, 1.82) is 0 Å². The Hall–Kier alpha value is -1.10. The summed E-state index contributed by atoms with van der Waals surface area (Å²) >= 11 is 0. The lowest BCUT2D eigenvalue weighted by atomic mass is 9.98. The summed E-state index contributed by atoms with van der Waals surface area (Å²) in [6.07, 6.45) is 6.39. The molecule has 0 aromatic heterocycles. The number of piperazine rings is 1. The second-order valence-corrected chi connectivity index (χ2v) is 6.18. The highest BCUT2D eigenvalue weighted by atomic mass is 16.5. The molecule has 1 atom stereocenters. The van der Waals surface area contributed by atoms with E-state index in [2.05, 4.69) is 5.32 Å². The van der Waals surface area contributed by atoms with E-state index in [0.29, 0.717) is 19.3 Å². The smallest absolute Gasteiger partial charge is 0.245 e. The third-order valence-electron chi connectivity index (χ3n) is 4.16. The second-order valence-electron chi connectivity index (χ2n) is 6.18. The molecule has 0 radical (unpaired) electrons. The number of carbonyl (C=O) groups excluding carboxylic acids is 2. The fourth-order valence-electron chi connectivity index (χ4n) is 2.93. The minimum absolute atomic E-state index is 0.0202. The SMILES string of the molecule is CC(C)C1NC(=O)CN(CCOC2CCCCC2)C1=O. The first kappa shape index (κ1) is 15.3. The van der Waals surface area contributed by atoms with Crippen LogP contribution < -0.4 is 5.32 Å². The first-order valence-corrected chi connectivity index (χ1v) is 7.77. The summed E-state index contributed by atoms with van der Waals surface area (Å²) in [6.45, 7) is 5.12. The molecule has 0 spiro atoms. The number of hydrogen-bond acceptors (Lipinski definition) is 3. The largest absolute Gasteiger partial charge is 0.376 e. The predicted octanol–water partition coefficient (Wildman–Crippen LogP) is 1.32. The highest BCUT2D eigenvalue weighted by Gasteiger charge is 2.34. The van der Waals surface area contributed by atoms with Gasteiger partial charge in [-0.2, -0.15) is 0 Å². The van der Waals surface area contributed by atoms with Gasteiger partial charge in [0.25, 0.3) is 0 Å². The molecule has 1 aliphatic carbocycles. The van der Waals surface area contributed by atoms with Gasteiger partial charge in [-0.15, -0.1) is 0 Å². The number of carbonyl (C=O) groups is 2. The van der Waals surface area contributed by atoms with E-state index in [4.69, 9.17) is 4.74 Å². The molecule has 1 aliphatic heterocycles. The molecular formula is C15H26N2O3. The van der Waals surface area contributed by atoms with Crippen molar-refractivity contribution in [3.8, 4) is 0 Å². The Bertz CT molecular complexity index is 351. The summed E-state index contributed by atoms with van der Waals surface area (Å²) in [5.74, 6) is 0.0707. The van der Waals surface area contributed by atoms with Gasteiger partial charge >= 0.3 is 0 Å². The molecule has 5 heteroatoms. The standard InChI is InChI=1S/C15H26N2O3/c1-11(2)14-15(19)17(10-13(18)16-14)8-9-20-12-6-4-3-5-7-12/h11-12,14H,3-10H2,1-2H3,(H,16,18). The Morgan fingerprint density at radius 1 is 1.25 bits per heavy atom. The first-order valence-electron chi connectivity index (χ1n) is 7.77. The van der Waals surface area contributed by atoms with Gasteiger partial charge in [0.15, 0.2) is 0 Å². The fourth-order valence-corrected chi connectivity index (χ4v) is 2.93. The van der Waals surface area contributed by atoms with Crippen LogP contribution in [-0.2, 0) is 14.3 Å². The van der Waals surface area contributed by atoms with E-state index < -0.39 is 0 Å². The highest BCUT2D eigenvalue weighted by Crippen LogP contribution is 2.20. The van der Waals surface area contributed by atoms with Gasteiger partial charge in [-0.3, -0.25) is 9.59 Å². The molecule has 1 saturated heterocycles. The molecule has 2 amide bonds. The van der Waals surface area contributed by atoms with E-state index in [1.165, 1.54) is 19.3 Å². The third-order valence-corrected chi connectivity index (χ3v) is 4.16. The molecule has 2 rings (SSSR count). The quantitative estimate of drug-likeness (QED) is 0.827. The minimum Gasteiger partial charge on any atom is -0.376 e. The zero-order chi connectivity index (χ0) is 14.5. The van der Waals surface area contributed by atoms with Crippen molar-refractivity contribution in [1.82, 2.24) is 10.2 Å². The van der Waals surface area contributed by atoms with E-state index in [1.807, 2.05) is 13.8 Å². The van der Waals surface area contributed by atoms with Crippen LogP contribution in [0.1, 0.15) is 46.0 Å². The Morgan fingerprint density at radius 2 is 1.95 bits per heavy atom. The highest BCUT2D eigenvalue weighted by molar-refractivity contribution is 5.94. The molecule has 5 nitrogen and oxygen atoms in total. The Balaban J connectivity index is 1.78. The van der Waals surface area contributed by atoms with Gasteiger partial charge in [-0.25, -0.2) is 0 Å². The van der Waals surface area contributed by atoms with Crippen LogP contribution in [0.5, 0.6) is 0 Å². The number of hydrogen-bond donors (Lipinski definition) is 1. The van der Waals surface area contributed by atoms with E-state index in [1.54, 1.807) is 4.90 Å². The molecule has 2 aliphatic rings. The summed E-state index contributed by atoms with van der Waals surface area (Å²) in [7, 11) is 0. The Morgan fingerprint density at radius 3 is 2.60 bits per heavy atom. The van der Waals surface area contributed by atoms with Gasteiger partial charge in [-0.1, -0.05) is 33.1 Å². The van der Waals surface area contributed by atoms with Crippen molar-refractivity contribution < 1.29 is 14.3 Å². The summed E-state index contributed by atoms with van der Waals surface area (Å²) in [4.78, 5) is 25.5. The van der Waals surface area contributed by atoms with Crippen molar-refractivity contribution in [2.24, 2.45) is 5.92 Å². The molecule has 1 N–H and O–H groups in total. The number of ether oxygens (including phenoxy) is 1. The van der Waals surface area contributed by atoms with Crippen LogP contribution in [0.2, 0.25) is 0 Å². The van der Waals surface area contributed by atoms with Crippen molar-refractivity contribution in [2.45, 2.75) is 58.1 Å². The van der Waals surface area contributed by atoms with E-state index in [0.717, 1.165) is 12.8 Å². The predicted molar refractivity (Wildman–Crippen MR) is 76.2 cm³/mol. The van der Waals surface area contributed by atoms with Crippen LogP contribution in [-0.4, -0.2) is 48.6 Å². The minimum atomic E-state index is -0.383. The topological polar surface area (TPSA) is 58.6 Å². The van der Waals surface area contributed by atoms with E-state index >= 15 is 0 Å². The van der Waals surface area contributed by atoms with Gasteiger partial charge in [0.05, 0.1) is 19.3 Å². The maximum Gasteiger partial charge on any atom is 0.245 e. The third kappa shape index (κ3) is 3.95. The van der Waals surface area contributed by atoms with Crippen LogP contribution in [0.4, 0.5) is 0 Å². The number of nitrogens with one attached hydrogen (secondary N) is 1. The van der Waals surface area contributed by atoms with E-state index in [-0.39, 0.29) is 30.3 Å². The monoisotopic (exact) mass is 282 g/mol. The van der Waals surface area contributed by atoms with Crippen molar-refractivity contribution in [3.63, 3.8) is 0 Å². The number of rotatable bonds is 5. The normalized spacial score (nSPS) is 25.1. The summed E-state index contributed by atoms with van der Waals surface area (Å²) in [6, 6.07) is -0.383. The Kier molecular flexibility index (Phi) is 5.40. The Labute approximate surface area is 121 Å². The van der Waals surface area contributed by atoms with Crippen LogP contribution in [0.25, 0.3) is 0 Å². The van der Waals surface area contributed by atoms with Crippen LogP contribution >= 0.6 is 0 Å². The van der Waals surface area contributed by atoms with Crippen LogP contribution in [0.3, 0.4) is 0 Å². The van der Waals surface area contributed by atoms with Gasteiger partial charge in [0.1, 0.15) is 6.04 Å². The molecule has 2 fully saturated rings. The van der Waals surface area contributed by atoms with Crippen LogP contribution in [0.15, 0.2) is 0 Å². The average molecular weight is 282 g/mol. The average Bonchev–Trinajstić information content (AvgIpc) is 2.43. The summed E-state index contributed by atoms with van der Waals surface area (Å²) in [5, 5.41) is 2.76. The lowest BCUT2D eigenvalue weighted by Gasteiger charge is -2.34. The van der Waals surface area contributed by atoms with Gasteiger partial charge in [0, 0.05) is 6.54 Å². The molecule has 0 bridgehead atoms. The maximum absolute atomic E-state index is 12.3. The maximum atomic E-state index is 12.3. The van der Waals surface area contributed by atoms with Crippen molar-refractivity contribution in [2.75, 3.05) is 19.7 Å². The zero-order valence-corrected chi connectivity index (χ0v) is 12.6. The van der Waals surface area contributed by atoms with Gasteiger partial charge < -0.3 is 15.0 Å².